The number of hydrogen-bond acceptors (Lipinski definition) is 3. The van der Waals surface area contributed by atoms with Crippen molar-refractivity contribution >= 4 is 29.9 Å². The number of benzene rings is 1. The highest BCUT2D eigenvalue weighted by molar-refractivity contribution is 14.0. The van der Waals surface area contributed by atoms with Gasteiger partial charge in [-0.25, -0.2) is 9.37 Å². The second kappa shape index (κ2) is 11.8. The van der Waals surface area contributed by atoms with Crippen LogP contribution in [0.4, 0.5) is 4.39 Å². The van der Waals surface area contributed by atoms with Crippen molar-refractivity contribution in [2.24, 2.45) is 4.99 Å². The molecule has 26 heavy (non-hydrogen) atoms. The minimum absolute atomic E-state index is 0. The van der Waals surface area contributed by atoms with Gasteiger partial charge in [0.05, 0.1) is 5.69 Å². The van der Waals surface area contributed by atoms with Crippen molar-refractivity contribution in [3.8, 4) is 5.69 Å². The number of ether oxygens (including phenoxy) is 1. The Balaban J connectivity index is 0.00000338. The standard InChI is InChI=1S/C18H26FN5O.HI/c1-4-25-11-5-8-22-18(20-3)23-13-15-6-7-17(16(19)12-15)24-10-9-21-14(24)2;/h6-7,9-10,12H,4-5,8,11,13H2,1-3H3,(H2,20,22,23);1H. The molecule has 0 bridgehead atoms. The van der Waals surface area contributed by atoms with Gasteiger partial charge < -0.3 is 19.9 Å². The molecule has 0 aliphatic rings. The van der Waals surface area contributed by atoms with Gasteiger partial charge in [0.25, 0.3) is 0 Å². The van der Waals surface area contributed by atoms with Crippen LogP contribution in [0.15, 0.2) is 35.6 Å². The van der Waals surface area contributed by atoms with E-state index in [2.05, 4.69) is 20.6 Å². The summed E-state index contributed by atoms with van der Waals surface area (Å²) in [5.41, 5.74) is 1.34. The summed E-state index contributed by atoms with van der Waals surface area (Å²) < 4.78 is 21.4. The van der Waals surface area contributed by atoms with Gasteiger partial charge in [-0.05, 0) is 38.0 Å². The highest BCUT2D eigenvalue weighted by Gasteiger charge is 2.08. The molecule has 2 rings (SSSR count). The monoisotopic (exact) mass is 475 g/mol. The zero-order valence-corrected chi connectivity index (χ0v) is 17.8. The predicted octanol–water partition coefficient (Wildman–Crippen LogP) is 3.03. The summed E-state index contributed by atoms with van der Waals surface area (Å²) in [6.07, 6.45) is 4.31. The fourth-order valence-electron chi connectivity index (χ4n) is 2.42. The van der Waals surface area contributed by atoms with Crippen molar-refractivity contribution in [2.45, 2.75) is 26.8 Å². The maximum Gasteiger partial charge on any atom is 0.191 e. The van der Waals surface area contributed by atoms with E-state index in [0.29, 0.717) is 18.2 Å². The number of aryl methyl sites for hydroxylation is 1. The number of hydrogen-bond donors (Lipinski definition) is 2. The summed E-state index contributed by atoms with van der Waals surface area (Å²) in [5.74, 6) is 1.16. The van der Waals surface area contributed by atoms with Crippen LogP contribution in [-0.4, -0.2) is 42.3 Å². The molecule has 6 nitrogen and oxygen atoms in total. The predicted molar refractivity (Wildman–Crippen MR) is 113 cm³/mol. The lowest BCUT2D eigenvalue weighted by Crippen LogP contribution is -2.37. The highest BCUT2D eigenvalue weighted by atomic mass is 127. The summed E-state index contributed by atoms with van der Waals surface area (Å²) in [6.45, 7) is 6.54. The quantitative estimate of drug-likeness (QED) is 0.267. The van der Waals surface area contributed by atoms with Gasteiger partial charge >= 0.3 is 0 Å². The third-order valence-corrected chi connectivity index (χ3v) is 3.74. The molecule has 1 aromatic carbocycles. The number of nitrogens with zero attached hydrogens (tertiary/aromatic N) is 3. The number of halogens is 2. The topological polar surface area (TPSA) is 63.5 Å². The van der Waals surface area contributed by atoms with E-state index in [-0.39, 0.29) is 29.8 Å². The van der Waals surface area contributed by atoms with Crippen LogP contribution in [0.5, 0.6) is 0 Å². The number of nitrogens with one attached hydrogen (secondary N) is 2. The average molecular weight is 475 g/mol. The van der Waals surface area contributed by atoms with Gasteiger partial charge in [0.15, 0.2) is 5.96 Å². The molecule has 0 fully saturated rings. The van der Waals surface area contributed by atoms with Gasteiger partial charge in [-0.15, -0.1) is 24.0 Å². The number of aromatic nitrogens is 2. The third-order valence-electron chi connectivity index (χ3n) is 3.74. The van der Waals surface area contributed by atoms with Gasteiger partial charge in [-0.1, -0.05) is 6.07 Å². The molecule has 0 aliphatic heterocycles. The zero-order chi connectivity index (χ0) is 18.1. The molecule has 8 heteroatoms. The van der Waals surface area contributed by atoms with Crippen molar-refractivity contribution in [3.05, 3.63) is 47.8 Å². The van der Waals surface area contributed by atoms with E-state index in [1.165, 1.54) is 6.07 Å². The summed E-state index contributed by atoms with van der Waals surface area (Å²) in [7, 11) is 1.71. The molecular formula is C18H27FIN5O. The van der Waals surface area contributed by atoms with Gasteiger partial charge in [0, 0.05) is 45.7 Å². The van der Waals surface area contributed by atoms with Crippen LogP contribution in [0.3, 0.4) is 0 Å². The van der Waals surface area contributed by atoms with Crippen molar-refractivity contribution in [1.82, 2.24) is 20.2 Å². The molecule has 0 atom stereocenters. The van der Waals surface area contributed by atoms with Crippen LogP contribution in [0.2, 0.25) is 0 Å². The van der Waals surface area contributed by atoms with Crippen LogP contribution in [0.25, 0.3) is 5.69 Å². The first-order valence-corrected chi connectivity index (χ1v) is 8.46. The Morgan fingerprint density at radius 3 is 2.77 bits per heavy atom. The Morgan fingerprint density at radius 1 is 1.35 bits per heavy atom. The van der Waals surface area contributed by atoms with E-state index in [4.69, 9.17) is 4.74 Å². The molecule has 0 unspecified atom stereocenters. The second-order valence-corrected chi connectivity index (χ2v) is 5.53. The molecule has 0 amide bonds. The molecule has 1 aromatic heterocycles. The van der Waals surface area contributed by atoms with E-state index in [0.717, 1.165) is 37.6 Å². The summed E-state index contributed by atoms with van der Waals surface area (Å²) in [6, 6.07) is 5.19. The first-order chi connectivity index (χ1) is 12.2. The molecule has 2 aromatic rings. The van der Waals surface area contributed by atoms with Crippen LogP contribution >= 0.6 is 24.0 Å². The Bertz CT molecular complexity index is 705. The Labute approximate surface area is 171 Å². The van der Waals surface area contributed by atoms with Crippen LogP contribution in [0.1, 0.15) is 24.7 Å². The van der Waals surface area contributed by atoms with Crippen molar-refractivity contribution in [2.75, 3.05) is 26.8 Å². The van der Waals surface area contributed by atoms with E-state index < -0.39 is 0 Å². The van der Waals surface area contributed by atoms with E-state index >= 15 is 0 Å². The maximum absolute atomic E-state index is 14.4. The van der Waals surface area contributed by atoms with Crippen LogP contribution in [-0.2, 0) is 11.3 Å². The summed E-state index contributed by atoms with van der Waals surface area (Å²) in [5, 5.41) is 6.39. The minimum atomic E-state index is -0.278. The average Bonchev–Trinajstić information content (AvgIpc) is 3.03. The lowest BCUT2D eigenvalue weighted by molar-refractivity contribution is 0.145. The first kappa shape index (κ1) is 22.4. The smallest absolute Gasteiger partial charge is 0.191 e. The Morgan fingerprint density at radius 2 is 2.15 bits per heavy atom. The Hall–Kier alpha value is -1.68. The molecule has 0 saturated heterocycles. The lowest BCUT2D eigenvalue weighted by Gasteiger charge is -2.13. The fraction of sp³-hybridized carbons (Fsp3) is 0.444. The Kier molecular flexibility index (Phi) is 10.2. The maximum atomic E-state index is 14.4. The molecule has 1 heterocycles. The molecule has 2 N–H and O–H groups in total. The number of rotatable bonds is 8. The normalized spacial score (nSPS) is 11.2. The van der Waals surface area contributed by atoms with Gasteiger partial charge in [-0.2, -0.15) is 0 Å². The molecule has 0 saturated carbocycles. The summed E-state index contributed by atoms with van der Waals surface area (Å²) in [4.78, 5) is 8.29. The first-order valence-electron chi connectivity index (χ1n) is 8.46. The van der Waals surface area contributed by atoms with E-state index in [1.807, 2.05) is 19.9 Å². The summed E-state index contributed by atoms with van der Waals surface area (Å²) >= 11 is 0. The van der Waals surface area contributed by atoms with Gasteiger partial charge in [0.1, 0.15) is 11.6 Å². The van der Waals surface area contributed by atoms with Crippen molar-refractivity contribution < 1.29 is 9.13 Å². The third kappa shape index (κ3) is 6.56. The number of imidazole rings is 1. The van der Waals surface area contributed by atoms with E-state index in [9.17, 15) is 4.39 Å². The van der Waals surface area contributed by atoms with Crippen molar-refractivity contribution in [3.63, 3.8) is 0 Å². The van der Waals surface area contributed by atoms with Crippen molar-refractivity contribution in [1.29, 1.82) is 0 Å². The SMILES string of the molecule is CCOCCCNC(=NC)NCc1ccc(-n2ccnc2C)c(F)c1.I. The van der Waals surface area contributed by atoms with Gasteiger partial charge in [0.2, 0.25) is 0 Å². The molecule has 0 radical (unpaired) electrons. The molecule has 144 valence electrons. The zero-order valence-electron chi connectivity index (χ0n) is 15.5. The lowest BCUT2D eigenvalue weighted by atomic mass is 10.2. The molecule has 0 aliphatic carbocycles. The van der Waals surface area contributed by atoms with Crippen LogP contribution in [0, 0.1) is 12.7 Å². The largest absolute Gasteiger partial charge is 0.382 e. The van der Waals surface area contributed by atoms with Crippen LogP contribution < -0.4 is 10.6 Å². The highest BCUT2D eigenvalue weighted by Crippen LogP contribution is 2.16. The van der Waals surface area contributed by atoms with Gasteiger partial charge in [-0.3, -0.25) is 4.99 Å². The fourth-order valence-corrected chi connectivity index (χ4v) is 2.42. The van der Waals surface area contributed by atoms with E-state index in [1.54, 1.807) is 30.1 Å². The molecule has 0 spiro atoms. The molecular weight excluding hydrogens is 448 g/mol. The second-order valence-electron chi connectivity index (χ2n) is 5.53. The number of aliphatic imine (C=N–C) groups is 1. The number of guanidine groups is 1. The minimum Gasteiger partial charge on any atom is -0.382 e.